The van der Waals surface area contributed by atoms with E-state index in [-0.39, 0.29) is 5.91 Å². The van der Waals surface area contributed by atoms with Crippen molar-refractivity contribution >= 4 is 21.8 Å². The molecule has 0 bridgehead atoms. The van der Waals surface area contributed by atoms with E-state index in [1.54, 1.807) is 6.07 Å². The third-order valence-corrected chi connectivity index (χ3v) is 4.59. The Morgan fingerprint density at radius 2 is 2.05 bits per heavy atom. The first-order valence-corrected chi connectivity index (χ1v) is 7.55. The average Bonchev–Trinajstić information content (AvgIpc) is 2.41. The van der Waals surface area contributed by atoms with Crippen molar-refractivity contribution in [3.8, 4) is 0 Å². The third kappa shape index (κ3) is 3.80. The first-order chi connectivity index (χ1) is 9.00. The summed E-state index contributed by atoms with van der Waals surface area (Å²) in [5, 5.41) is 13.3. The summed E-state index contributed by atoms with van der Waals surface area (Å²) in [6, 6.07) is 7.31. The van der Waals surface area contributed by atoms with Gasteiger partial charge in [0, 0.05) is 11.0 Å². The molecule has 1 amide bonds. The average molecular weight is 326 g/mol. The molecule has 0 saturated heterocycles. The van der Waals surface area contributed by atoms with Crippen molar-refractivity contribution in [1.82, 2.24) is 5.32 Å². The number of hydrogen-bond acceptors (Lipinski definition) is 2. The van der Waals surface area contributed by atoms with Crippen LogP contribution in [0.3, 0.4) is 0 Å². The lowest BCUT2D eigenvalue weighted by Crippen LogP contribution is -2.45. The minimum Gasteiger partial charge on any atom is -0.388 e. The predicted molar refractivity (Wildman–Crippen MR) is 79.1 cm³/mol. The fourth-order valence-electron chi connectivity index (χ4n) is 2.46. The molecule has 0 heterocycles. The summed E-state index contributed by atoms with van der Waals surface area (Å²) in [4.78, 5) is 12.1. The Labute approximate surface area is 122 Å². The lowest BCUT2D eigenvalue weighted by Gasteiger charge is -2.34. The van der Waals surface area contributed by atoms with E-state index < -0.39 is 5.60 Å². The van der Waals surface area contributed by atoms with Crippen LogP contribution in [-0.2, 0) is 0 Å². The van der Waals surface area contributed by atoms with E-state index in [0.29, 0.717) is 18.0 Å². The Balaban J connectivity index is 1.92. The van der Waals surface area contributed by atoms with Gasteiger partial charge in [-0.25, -0.2) is 0 Å². The Morgan fingerprint density at radius 3 is 2.68 bits per heavy atom. The number of carbonyl (C=O) groups excluding carboxylic acids is 1. The number of nitrogens with one attached hydrogen (secondary N) is 1. The summed E-state index contributed by atoms with van der Waals surface area (Å²) in [5.74, 6) is 0.541. The zero-order chi connectivity index (χ0) is 13.9. The van der Waals surface area contributed by atoms with Gasteiger partial charge in [0.15, 0.2) is 0 Å². The van der Waals surface area contributed by atoms with Crippen LogP contribution in [0.1, 0.15) is 43.0 Å². The van der Waals surface area contributed by atoms with Crippen LogP contribution in [0, 0.1) is 5.92 Å². The number of benzene rings is 1. The number of halogens is 1. The van der Waals surface area contributed by atoms with Crippen LogP contribution in [0.15, 0.2) is 28.7 Å². The summed E-state index contributed by atoms with van der Waals surface area (Å²) in [7, 11) is 0. The molecule has 19 heavy (non-hydrogen) atoms. The second-order valence-corrected chi connectivity index (χ2v) is 6.42. The van der Waals surface area contributed by atoms with Gasteiger partial charge in [-0.3, -0.25) is 4.79 Å². The topological polar surface area (TPSA) is 49.3 Å². The zero-order valence-corrected chi connectivity index (χ0v) is 12.7. The molecule has 2 rings (SSSR count). The summed E-state index contributed by atoms with van der Waals surface area (Å²) >= 11 is 3.36. The van der Waals surface area contributed by atoms with E-state index in [2.05, 4.69) is 28.2 Å². The largest absolute Gasteiger partial charge is 0.388 e. The van der Waals surface area contributed by atoms with Crippen LogP contribution >= 0.6 is 15.9 Å². The van der Waals surface area contributed by atoms with Crippen molar-refractivity contribution in [1.29, 1.82) is 0 Å². The highest BCUT2D eigenvalue weighted by molar-refractivity contribution is 9.10. The van der Waals surface area contributed by atoms with Crippen LogP contribution in [0.25, 0.3) is 0 Å². The molecule has 0 radical (unpaired) electrons. The minimum absolute atomic E-state index is 0.139. The van der Waals surface area contributed by atoms with Gasteiger partial charge in [0.05, 0.1) is 11.2 Å². The molecule has 1 aliphatic rings. The second-order valence-electron chi connectivity index (χ2n) is 5.57. The van der Waals surface area contributed by atoms with E-state index in [4.69, 9.17) is 0 Å². The van der Waals surface area contributed by atoms with E-state index in [9.17, 15) is 9.90 Å². The van der Waals surface area contributed by atoms with Crippen LogP contribution in [0.5, 0.6) is 0 Å². The lowest BCUT2D eigenvalue weighted by molar-refractivity contribution is -0.00540. The Morgan fingerprint density at radius 1 is 1.42 bits per heavy atom. The van der Waals surface area contributed by atoms with Crippen molar-refractivity contribution in [3.63, 3.8) is 0 Å². The molecule has 1 aromatic rings. The fourth-order valence-corrected chi connectivity index (χ4v) is 2.93. The molecule has 0 spiro atoms. The maximum Gasteiger partial charge on any atom is 0.252 e. The van der Waals surface area contributed by atoms with Gasteiger partial charge < -0.3 is 10.4 Å². The number of carbonyl (C=O) groups is 1. The standard InChI is InChI=1S/C15H20BrNO2/c1-11-6-8-15(19,9-7-11)10-17-14(18)12-4-2-3-5-13(12)16/h2-5,11,19H,6-10H2,1H3,(H,17,18). The molecule has 2 N–H and O–H groups in total. The first-order valence-electron chi connectivity index (χ1n) is 6.75. The monoisotopic (exact) mass is 325 g/mol. The molecule has 0 aliphatic heterocycles. The van der Waals surface area contributed by atoms with Gasteiger partial charge in [-0.2, -0.15) is 0 Å². The molecule has 104 valence electrons. The van der Waals surface area contributed by atoms with E-state index in [1.807, 2.05) is 18.2 Å². The minimum atomic E-state index is -0.733. The highest BCUT2D eigenvalue weighted by Crippen LogP contribution is 2.31. The van der Waals surface area contributed by atoms with Crippen molar-refractivity contribution in [2.75, 3.05) is 6.54 Å². The van der Waals surface area contributed by atoms with Gasteiger partial charge in [-0.05, 0) is 59.7 Å². The van der Waals surface area contributed by atoms with Gasteiger partial charge in [0.2, 0.25) is 0 Å². The highest BCUT2D eigenvalue weighted by Gasteiger charge is 2.32. The van der Waals surface area contributed by atoms with Crippen molar-refractivity contribution in [2.45, 2.75) is 38.2 Å². The normalized spacial score (nSPS) is 27.0. The van der Waals surface area contributed by atoms with E-state index in [0.717, 1.165) is 30.2 Å². The molecule has 1 saturated carbocycles. The molecule has 0 aromatic heterocycles. The van der Waals surface area contributed by atoms with Crippen molar-refractivity contribution < 1.29 is 9.90 Å². The maximum absolute atomic E-state index is 12.1. The molecular formula is C15H20BrNO2. The SMILES string of the molecule is CC1CCC(O)(CNC(=O)c2ccccc2Br)CC1. The number of hydrogen-bond donors (Lipinski definition) is 2. The third-order valence-electron chi connectivity index (χ3n) is 3.90. The van der Waals surface area contributed by atoms with Crippen LogP contribution in [-0.4, -0.2) is 23.2 Å². The van der Waals surface area contributed by atoms with Crippen LogP contribution in [0.2, 0.25) is 0 Å². The molecule has 0 unspecified atom stereocenters. The summed E-state index contributed by atoms with van der Waals surface area (Å²) < 4.78 is 0.775. The number of aliphatic hydroxyl groups is 1. The van der Waals surface area contributed by atoms with Crippen molar-refractivity contribution in [2.24, 2.45) is 5.92 Å². The van der Waals surface area contributed by atoms with Crippen molar-refractivity contribution in [3.05, 3.63) is 34.3 Å². The predicted octanol–water partition coefficient (Wildman–Crippen LogP) is 3.12. The molecular weight excluding hydrogens is 306 g/mol. The maximum atomic E-state index is 12.1. The molecule has 1 aromatic carbocycles. The fraction of sp³-hybridized carbons (Fsp3) is 0.533. The Bertz CT molecular complexity index is 453. The van der Waals surface area contributed by atoms with E-state index >= 15 is 0 Å². The summed E-state index contributed by atoms with van der Waals surface area (Å²) in [6.45, 7) is 2.54. The van der Waals surface area contributed by atoms with Gasteiger partial charge in [0.1, 0.15) is 0 Å². The van der Waals surface area contributed by atoms with E-state index in [1.165, 1.54) is 0 Å². The quantitative estimate of drug-likeness (QED) is 0.897. The molecule has 3 nitrogen and oxygen atoms in total. The number of rotatable bonds is 3. The molecule has 1 aliphatic carbocycles. The second kappa shape index (κ2) is 6.06. The summed E-state index contributed by atoms with van der Waals surface area (Å²) in [6.07, 6.45) is 3.59. The smallest absolute Gasteiger partial charge is 0.252 e. The molecule has 0 atom stereocenters. The molecule has 1 fully saturated rings. The van der Waals surface area contributed by atoms with Gasteiger partial charge >= 0.3 is 0 Å². The zero-order valence-electron chi connectivity index (χ0n) is 11.2. The number of amides is 1. The lowest BCUT2D eigenvalue weighted by atomic mass is 9.79. The van der Waals surface area contributed by atoms with Gasteiger partial charge in [0.25, 0.3) is 5.91 Å². The Kier molecular flexibility index (Phi) is 4.63. The first kappa shape index (κ1) is 14.5. The summed E-state index contributed by atoms with van der Waals surface area (Å²) in [5.41, 5.74) is -0.126. The van der Waals surface area contributed by atoms with Crippen LogP contribution < -0.4 is 5.32 Å². The highest BCUT2D eigenvalue weighted by atomic mass is 79.9. The van der Waals surface area contributed by atoms with Gasteiger partial charge in [-0.1, -0.05) is 19.1 Å². The van der Waals surface area contributed by atoms with Crippen LogP contribution in [0.4, 0.5) is 0 Å². The molecule has 4 heteroatoms. The van der Waals surface area contributed by atoms with Gasteiger partial charge in [-0.15, -0.1) is 0 Å². The Hall–Kier alpha value is -0.870.